The molecule has 0 spiro atoms. The van der Waals surface area contributed by atoms with E-state index in [2.05, 4.69) is 19.2 Å². The fourth-order valence-electron chi connectivity index (χ4n) is 1.72. The van der Waals surface area contributed by atoms with Gasteiger partial charge in [-0.1, -0.05) is 32.6 Å². The Hall–Kier alpha value is -0.120. The zero-order valence-electron chi connectivity index (χ0n) is 12.0. The van der Waals surface area contributed by atoms with Gasteiger partial charge in [0.2, 0.25) is 0 Å². The third-order valence-electron chi connectivity index (χ3n) is 2.85. The molecule has 0 bridgehead atoms. The average molecular weight is 245 g/mol. The molecule has 17 heavy (non-hydrogen) atoms. The van der Waals surface area contributed by atoms with Crippen LogP contribution < -0.4 is 5.32 Å². The van der Waals surface area contributed by atoms with Crippen LogP contribution in [0.25, 0.3) is 0 Å². The smallest absolute Gasteiger partial charge is 0.0587 e. The molecule has 0 aliphatic rings. The lowest BCUT2D eigenvalue weighted by Gasteiger charge is -2.13. The summed E-state index contributed by atoms with van der Waals surface area (Å²) < 4.78 is 10.7. The lowest BCUT2D eigenvalue weighted by Crippen LogP contribution is -2.22. The van der Waals surface area contributed by atoms with Crippen molar-refractivity contribution in [2.75, 3.05) is 33.4 Å². The van der Waals surface area contributed by atoms with E-state index in [1.54, 1.807) is 7.11 Å². The standard InChI is InChI=1S/C14H31NO2/c1-4-5-6-7-9-14(2)17-12-8-10-15-11-13-16-3/h14-15H,4-13H2,1-3H3. The largest absolute Gasteiger partial charge is 0.383 e. The molecule has 0 rings (SSSR count). The Morgan fingerprint density at radius 1 is 1.00 bits per heavy atom. The second kappa shape index (κ2) is 13.9. The molecule has 0 heterocycles. The summed E-state index contributed by atoms with van der Waals surface area (Å²) in [6, 6.07) is 0. The summed E-state index contributed by atoms with van der Waals surface area (Å²) in [5.41, 5.74) is 0. The monoisotopic (exact) mass is 245 g/mol. The van der Waals surface area contributed by atoms with Gasteiger partial charge in [-0.05, 0) is 26.3 Å². The van der Waals surface area contributed by atoms with Gasteiger partial charge in [-0.2, -0.15) is 0 Å². The first-order chi connectivity index (χ1) is 8.31. The molecule has 104 valence electrons. The normalized spacial score (nSPS) is 12.9. The molecule has 1 unspecified atom stereocenters. The molecule has 1 N–H and O–H groups in total. The first-order valence-electron chi connectivity index (χ1n) is 7.12. The van der Waals surface area contributed by atoms with Crippen LogP contribution in [-0.2, 0) is 9.47 Å². The highest BCUT2D eigenvalue weighted by Crippen LogP contribution is 2.07. The van der Waals surface area contributed by atoms with Gasteiger partial charge < -0.3 is 14.8 Å². The van der Waals surface area contributed by atoms with Crippen molar-refractivity contribution in [3.8, 4) is 0 Å². The molecule has 3 nitrogen and oxygen atoms in total. The lowest BCUT2D eigenvalue weighted by molar-refractivity contribution is 0.0567. The predicted octanol–water partition coefficient (Wildman–Crippen LogP) is 2.99. The summed E-state index contributed by atoms with van der Waals surface area (Å²) in [4.78, 5) is 0. The van der Waals surface area contributed by atoms with Crippen molar-refractivity contribution in [1.82, 2.24) is 5.32 Å². The molecule has 0 amide bonds. The van der Waals surface area contributed by atoms with Crippen molar-refractivity contribution in [2.45, 2.75) is 58.5 Å². The van der Waals surface area contributed by atoms with Crippen LogP contribution in [0.15, 0.2) is 0 Å². The Morgan fingerprint density at radius 2 is 1.82 bits per heavy atom. The van der Waals surface area contributed by atoms with Gasteiger partial charge in [0.15, 0.2) is 0 Å². The Morgan fingerprint density at radius 3 is 2.53 bits per heavy atom. The molecule has 0 aromatic heterocycles. The lowest BCUT2D eigenvalue weighted by atomic mass is 10.1. The molecule has 0 aliphatic carbocycles. The minimum Gasteiger partial charge on any atom is -0.383 e. The molecule has 0 aliphatic heterocycles. The number of hydrogen-bond donors (Lipinski definition) is 1. The second-order valence-corrected chi connectivity index (χ2v) is 4.63. The molecular weight excluding hydrogens is 214 g/mol. The van der Waals surface area contributed by atoms with Crippen molar-refractivity contribution >= 4 is 0 Å². The predicted molar refractivity (Wildman–Crippen MR) is 73.5 cm³/mol. The van der Waals surface area contributed by atoms with E-state index in [1.807, 2.05) is 0 Å². The zero-order valence-corrected chi connectivity index (χ0v) is 12.0. The van der Waals surface area contributed by atoms with Gasteiger partial charge in [-0.3, -0.25) is 0 Å². The van der Waals surface area contributed by atoms with Crippen LogP contribution >= 0.6 is 0 Å². The topological polar surface area (TPSA) is 30.5 Å². The van der Waals surface area contributed by atoms with Crippen LogP contribution in [0.5, 0.6) is 0 Å². The molecule has 0 fully saturated rings. The average Bonchev–Trinajstić information content (AvgIpc) is 2.33. The number of ether oxygens (including phenoxy) is 2. The number of nitrogens with one attached hydrogen (secondary N) is 1. The van der Waals surface area contributed by atoms with Crippen molar-refractivity contribution in [1.29, 1.82) is 0 Å². The fourth-order valence-corrected chi connectivity index (χ4v) is 1.72. The van der Waals surface area contributed by atoms with Crippen molar-refractivity contribution in [3.05, 3.63) is 0 Å². The van der Waals surface area contributed by atoms with Crippen LogP contribution in [0.1, 0.15) is 52.4 Å². The van der Waals surface area contributed by atoms with Gasteiger partial charge in [0.25, 0.3) is 0 Å². The second-order valence-electron chi connectivity index (χ2n) is 4.63. The minimum atomic E-state index is 0.422. The Kier molecular flexibility index (Phi) is 13.8. The molecule has 0 saturated heterocycles. The first-order valence-corrected chi connectivity index (χ1v) is 7.12. The van der Waals surface area contributed by atoms with Crippen molar-refractivity contribution < 1.29 is 9.47 Å². The van der Waals surface area contributed by atoms with Gasteiger partial charge in [0.05, 0.1) is 12.7 Å². The first kappa shape index (κ1) is 16.9. The summed E-state index contributed by atoms with van der Waals surface area (Å²) in [5.74, 6) is 0. The molecule has 0 aromatic rings. The molecule has 3 heteroatoms. The van der Waals surface area contributed by atoms with E-state index >= 15 is 0 Å². The Labute approximate surface area is 107 Å². The SMILES string of the molecule is CCCCCCC(C)OCCCNCCOC. The number of methoxy groups -OCH3 is 1. The third kappa shape index (κ3) is 13.8. The summed E-state index contributed by atoms with van der Waals surface area (Å²) in [6.07, 6.45) is 8.04. The van der Waals surface area contributed by atoms with Crippen LogP contribution in [0.3, 0.4) is 0 Å². The Bertz CT molecular complexity index is 142. The van der Waals surface area contributed by atoms with E-state index in [1.165, 1.54) is 32.1 Å². The third-order valence-corrected chi connectivity index (χ3v) is 2.85. The highest BCUT2D eigenvalue weighted by atomic mass is 16.5. The number of rotatable bonds is 13. The molecule has 1 atom stereocenters. The van der Waals surface area contributed by atoms with Gasteiger partial charge in [0.1, 0.15) is 0 Å². The van der Waals surface area contributed by atoms with Crippen LogP contribution in [0, 0.1) is 0 Å². The van der Waals surface area contributed by atoms with Crippen molar-refractivity contribution in [2.24, 2.45) is 0 Å². The summed E-state index contributed by atoms with van der Waals surface area (Å²) in [5, 5.41) is 3.31. The molecular formula is C14H31NO2. The number of hydrogen-bond acceptors (Lipinski definition) is 3. The highest BCUT2D eigenvalue weighted by Gasteiger charge is 2.01. The highest BCUT2D eigenvalue weighted by molar-refractivity contribution is 4.53. The Balaban J connectivity index is 3.08. The van der Waals surface area contributed by atoms with E-state index < -0.39 is 0 Å². The van der Waals surface area contributed by atoms with Gasteiger partial charge in [-0.15, -0.1) is 0 Å². The van der Waals surface area contributed by atoms with Crippen LogP contribution in [-0.4, -0.2) is 39.5 Å². The molecule has 0 aromatic carbocycles. The molecule has 0 saturated carbocycles. The minimum absolute atomic E-state index is 0.422. The van der Waals surface area contributed by atoms with Crippen molar-refractivity contribution in [3.63, 3.8) is 0 Å². The quantitative estimate of drug-likeness (QED) is 0.506. The summed E-state index contributed by atoms with van der Waals surface area (Å²) in [7, 11) is 1.73. The van der Waals surface area contributed by atoms with Gasteiger partial charge >= 0.3 is 0 Å². The maximum absolute atomic E-state index is 5.76. The number of unbranched alkanes of at least 4 members (excludes halogenated alkanes) is 3. The molecule has 0 radical (unpaired) electrons. The van der Waals surface area contributed by atoms with Crippen LogP contribution in [0.4, 0.5) is 0 Å². The summed E-state index contributed by atoms with van der Waals surface area (Å²) >= 11 is 0. The maximum atomic E-state index is 5.76. The van der Waals surface area contributed by atoms with E-state index in [0.29, 0.717) is 6.10 Å². The van der Waals surface area contributed by atoms with E-state index in [4.69, 9.17) is 9.47 Å². The van der Waals surface area contributed by atoms with E-state index in [9.17, 15) is 0 Å². The van der Waals surface area contributed by atoms with Gasteiger partial charge in [0, 0.05) is 20.3 Å². The summed E-state index contributed by atoms with van der Waals surface area (Å²) in [6.45, 7) is 8.04. The van der Waals surface area contributed by atoms with E-state index in [0.717, 1.165) is 32.7 Å². The van der Waals surface area contributed by atoms with E-state index in [-0.39, 0.29) is 0 Å². The van der Waals surface area contributed by atoms with Gasteiger partial charge in [-0.25, -0.2) is 0 Å². The maximum Gasteiger partial charge on any atom is 0.0587 e. The zero-order chi connectivity index (χ0) is 12.8. The fraction of sp³-hybridized carbons (Fsp3) is 1.00. The van der Waals surface area contributed by atoms with Crippen LogP contribution in [0.2, 0.25) is 0 Å².